The van der Waals surface area contributed by atoms with Crippen molar-refractivity contribution in [1.82, 2.24) is 14.5 Å². The summed E-state index contributed by atoms with van der Waals surface area (Å²) in [4.78, 5) is 9.24. The van der Waals surface area contributed by atoms with Gasteiger partial charge in [0.25, 0.3) is 0 Å². The van der Waals surface area contributed by atoms with Crippen LogP contribution >= 0.6 is 0 Å². The molecule has 0 radical (unpaired) electrons. The molecular weight excluding hydrogens is 396 g/mol. The largest absolute Gasteiger partial charge is 0.394 e. The predicted molar refractivity (Wildman–Crippen MR) is 113 cm³/mol. The van der Waals surface area contributed by atoms with Crippen LogP contribution in [0.3, 0.4) is 0 Å². The first-order valence-electron chi connectivity index (χ1n) is 10.8. The Morgan fingerprint density at radius 3 is 2.87 bits per heavy atom. The van der Waals surface area contributed by atoms with Crippen molar-refractivity contribution in [3.63, 3.8) is 0 Å². The SMILES string of the molecule is CC1(C)O[C@@H]2[C@H](O1)[C@@H](CO)O[C@H]2n1cnc2c(N[C@H]3CCc4ccccc43)nccc21. The Hall–Kier alpha value is -2.52. The van der Waals surface area contributed by atoms with Gasteiger partial charge in [0.15, 0.2) is 17.8 Å². The number of pyridine rings is 1. The highest BCUT2D eigenvalue weighted by Crippen LogP contribution is 2.44. The molecule has 2 aliphatic heterocycles. The fourth-order valence-corrected chi connectivity index (χ4v) is 5.17. The number of benzene rings is 1. The summed E-state index contributed by atoms with van der Waals surface area (Å²) in [7, 11) is 0. The van der Waals surface area contributed by atoms with Gasteiger partial charge in [-0.25, -0.2) is 9.97 Å². The zero-order valence-electron chi connectivity index (χ0n) is 17.6. The van der Waals surface area contributed by atoms with Crippen LogP contribution in [0.1, 0.15) is 43.7 Å². The van der Waals surface area contributed by atoms with E-state index >= 15 is 0 Å². The molecule has 31 heavy (non-hydrogen) atoms. The van der Waals surface area contributed by atoms with E-state index in [9.17, 15) is 5.11 Å². The third kappa shape index (κ3) is 3.05. The molecule has 1 aromatic carbocycles. The van der Waals surface area contributed by atoms with Gasteiger partial charge in [0, 0.05) is 6.20 Å². The molecule has 4 heterocycles. The van der Waals surface area contributed by atoms with Crippen LogP contribution in [0, 0.1) is 0 Å². The van der Waals surface area contributed by atoms with Crippen molar-refractivity contribution in [2.45, 2.75) is 63.1 Å². The molecule has 0 unspecified atom stereocenters. The van der Waals surface area contributed by atoms with Crippen molar-refractivity contribution in [3.05, 3.63) is 54.0 Å². The summed E-state index contributed by atoms with van der Waals surface area (Å²) in [6, 6.07) is 10.7. The smallest absolute Gasteiger partial charge is 0.165 e. The summed E-state index contributed by atoms with van der Waals surface area (Å²) in [5.41, 5.74) is 4.41. The Balaban J connectivity index is 1.33. The highest BCUT2D eigenvalue weighted by atomic mass is 16.8. The average molecular weight is 422 g/mol. The molecule has 2 fully saturated rings. The van der Waals surface area contributed by atoms with Crippen molar-refractivity contribution in [3.8, 4) is 0 Å². The molecule has 5 atom stereocenters. The van der Waals surface area contributed by atoms with E-state index in [0.717, 1.165) is 29.7 Å². The molecule has 2 N–H and O–H groups in total. The van der Waals surface area contributed by atoms with E-state index in [0.29, 0.717) is 0 Å². The lowest BCUT2D eigenvalue weighted by Crippen LogP contribution is -2.31. The lowest BCUT2D eigenvalue weighted by molar-refractivity contribution is -0.199. The van der Waals surface area contributed by atoms with E-state index in [4.69, 9.17) is 14.2 Å². The topological polar surface area (TPSA) is 90.7 Å². The van der Waals surface area contributed by atoms with Gasteiger partial charge >= 0.3 is 0 Å². The number of anilines is 1. The minimum Gasteiger partial charge on any atom is -0.394 e. The Bertz CT molecular complexity index is 1130. The minimum atomic E-state index is -0.717. The maximum absolute atomic E-state index is 9.79. The molecule has 162 valence electrons. The second-order valence-electron chi connectivity index (χ2n) is 8.93. The van der Waals surface area contributed by atoms with Gasteiger partial charge in [0.05, 0.1) is 24.5 Å². The Kier molecular flexibility index (Phi) is 4.33. The fourth-order valence-electron chi connectivity index (χ4n) is 5.17. The number of imidazole rings is 1. The first-order valence-corrected chi connectivity index (χ1v) is 10.8. The number of aromatic nitrogens is 3. The van der Waals surface area contributed by atoms with Gasteiger partial charge in [-0.1, -0.05) is 24.3 Å². The normalized spacial score (nSPS) is 31.1. The fraction of sp³-hybridized carbons (Fsp3) is 0.478. The Labute approximate surface area is 180 Å². The summed E-state index contributed by atoms with van der Waals surface area (Å²) >= 11 is 0. The van der Waals surface area contributed by atoms with Crippen LogP contribution in [0.4, 0.5) is 5.82 Å². The lowest BCUT2D eigenvalue weighted by atomic mass is 10.1. The molecule has 0 bridgehead atoms. The van der Waals surface area contributed by atoms with Crippen molar-refractivity contribution in [2.24, 2.45) is 0 Å². The zero-order valence-corrected chi connectivity index (χ0v) is 17.6. The molecule has 1 aliphatic carbocycles. The Morgan fingerprint density at radius 2 is 2.00 bits per heavy atom. The van der Waals surface area contributed by atoms with E-state index in [1.54, 1.807) is 12.5 Å². The third-order valence-corrected chi connectivity index (χ3v) is 6.52. The minimum absolute atomic E-state index is 0.126. The van der Waals surface area contributed by atoms with Crippen LogP contribution in [-0.2, 0) is 20.6 Å². The quantitative estimate of drug-likeness (QED) is 0.668. The van der Waals surface area contributed by atoms with E-state index in [1.807, 2.05) is 24.5 Å². The van der Waals surface area contributed by atoms with Gasteiger partial charge in [-0.05, 0) is 43.9 Å². The highest BCUT2D eigenvalue weighted by Gasteiger charge is 2.55. The van der Waals surface area contributed by atoms with Crippen LogP contribution in [-0.4, -0.2) is 50.3 Å². The zero-order chi connectivity index (χ0) is 21.2. The first-order chi connectivity index (χ1) is 15.0. The van der Waals surface area contributed by atoms with Gasteiger partial charge in [0.2, 0.25) is 0 Å². The van der Waals surface area contributed by atoms with E-state index in [2.05, 4.69) is 39.6 Å². The molecule has 3 aromatic rings. The molecule has 8 heteroatoms. The summed E-state index contributed by atoms with van der Waals surface area (Å²) in [5.74, 6) is 0.0424. The van der Waals surface area contributed by atoms with E-state index in [-0.39, 0.29) is 24.9 Å². The monoisotopic (exact) mass is 422 g/mol. The summed E-state index contributed by atoms with van der Waals surface area (Å²) < 4.78 is 20.2. The molecule has 2 saturated heterocycles. The van der Waals surface area contributed by atoms with Crippen LogP contribution < -0.4 is 5.32 Å². The lowest BCUT2D eigenvalue weighted by Gasteiger charge is -2.24. The Morgan fingerprint density at radius 1 is 1.16 bits per heavy atom. The van der Waals surface area contributed by atoms with Crippen LogP contribution in [0.25, 0.3) is 11.0 Å². The number of aliphatic hydroxyl groups is 1. The number of fused-ring (bicyclic) bond motifs is 3. The summed E-state index contributed by atoms with van der Waals surface area (Å²) in [6.07, 6.45) is 4.12. The van der Waals surface area contributed by atoms with Crippen molar-refractivity contribution in [1.29, 1.82) is 0 Å². The molecular formula is C23H26N4O4. The molecule has 0 saturated carbocycles. The maximum Gasteiger partial charge on any atom is 0.165 e. The highest BCUT2D eigenvalue weighted by molar-refractivity contribution is 5.86. The number of ether oxygens (including phenoxy) is 3. The molecule has 2 aromatic heterocycles. The summed E-state index contributed by atoms with van der Waals surface area (Å²) in [6.45, 7) is 3.64. The van der Waals surface area contributed by atoms with Gasteiger partial charge in [-0.15, -0.1) is 0 Å². The predicted octanol–water partition coefficient (Wildman–Crippen LogP) is 2.94. The van der Waals surface area contributed by atoms with E-state index < -0.39 is 18.1 Å². The van der Waals surface area contributed by atoms with Gasteiger partial charge in [0.1, 0.15) is 23.8 Å². The second kappa shape index (κ2) is 7.00. The molecule has 6 rings (SSSR count). The van der Waals surface area contributed by atoms with Crippen molar-refractivity contribution < 1.29 is 19.3 Å². The maximum atomic E-state index is 9.79. The van der Waals surface area contributed by atoms with Gasteiger partial charge in [-0.3, -0.25) is 0 Å². The van der Waals surface area contributed by atoms with Gasteiger partial charge < -0.3 is 29.2 Å². The van der Waals surface area contributed by atoms with Crippen molar-refractivity contribution in [2.75, 3.05) is 11.9 Å². The van der Waals surface area contributed by atoms with Crippen LogP contribution in [0.15, 0.2) is 42.9 Å². The van der Waals surface area contributed by atoms with Gasteiger partial charge in [-0.2, -0.15) is 0 Å². The van der Waals surface area contributed by atoms with Crippen molar-refractivity contribution >= 4 is 16.9 Å². The van der Waals surface area contributed by atoms with Crippen LogP contribution in [0.5, 0.6) is 0 Å². The number of nitrogens with zero attached hydrogens (tertiary/aromatic N) is 3. The molecule has 8 nitrogen and oxygen atoms in total. The molecule has 3 aliphatic rings. The number of hydrogen-bond donors (Lipinski definition) is 2. The van der Waals surface area contributed by atoms with E-state index in [1.165, 1.54) is 11.1 Å². The first kappa shape index (κ1) is 19.2. The molecule has 0 amide bonds. The average Bonchev–Trinajstić information content (AvgIpc) is 3.50. The van der Waals surface area contributed by atoms with Crippen LogP contribution in [0.2, 0.25) is 0 Å². The number of hydrogen-bond acceptors (Lipinski definition) is 7. The number of rotatable bonds is 4. The third-order valence-electron chi connectivity index (χ3n) is 6.52. The molecule has 0 spiro atoms. The second-order valence-corrected chi connectivity index (χ2v) is 8.93. The number of aryl methyl sites for hydroxylation is 1. The summed E-state index contributed by atoms with van der Waals surface area (Å²) in [5, 5.41) is 13.4. The standard InChI is InChI=1S/C23H26N4O4/c1-23(2)30-19-17(11-28)29-22(20(19)31-23)27-12-25-18-16(27)9-10-24-21(18)26-15-8-7-13-5-3-4-6-14(13)15/h3-6,9-10,12,15,17,19-20,22,28H,7-8,11H2,1-2H3,(H,24,26)/t15-,17+,19+,20+,22+/m0/s1. The number of nitrogens with one attached hydrogen (secondary N) is 1. The number of aliphatic hydroxyl groups excluding tert-OH is 1.